The van der Waals surface area contributed by atoms with Gasteiger partial charge in [-0.05, 0) is 12.1 Å². The zero-order valence-corrected chi connectivity index (χ0v) is 10.9. The van der Waals surface area contributed by atoms with Crippen LogP contribution in [0.15, 0.2) is 24.5 Å². The Hall–Kier alpha value is -1.65. The van der Waals surface area contributed by atoms with Crippen molar-refractivity contribution in [3.05, 3.63) is 40.3 Å². The van der Waals surface area contributed by atoms with Crippen LogP contribution in [-0.2, 0) is 0 Å². The molecule has 1 heterocycles. The summed E-state index contributed by atoms with van der Waals surface area (Å²) in [5.41, 5.74) is 1.37. The molecule has 18 heavy (non-hydrogen) atoms. The topological polar surface area (TPSA) is 52.1 Å². The van der Waals surface area contributed by atoms with Gasteiger partial charge >= 0.3 is 0 Å². The number of nitrogens with zero attached hydrogens (tertiary/aromatic N) is 2. The highest BCUT2D eigenvalue weighted by molar-refractivity contribution is 6.32. The van der Waals surface area contributed by atoms with E-state index in [2.05, 4.69) is 9.97 Å². The third-order valence-corrected chi connectivity index (χ3v) is 2.99. The van der Waals surface area contributed by atoms with Crippen LogP contribution < -0.4 is 4.74 Å². The summed E-state index contributed by atoms with van der Waals surface area (Å²) in [6.45, 7) is 0. The van der Waals surface area contributed by atoms with E-state index >= 15 is 0 Å². The Bertz CT molecular complexity index is 603. The highest BCUT2D eigenvalue weighted by Crippen LogP contribution is 2.31. The quantitative estimate of drug-likeness (QED) is 0.640. The maximum Gasteiger partial charge on any atom is 0.155 e. The molecule has 1 aromatic heterocycles. The SMILES string of the molecule is COc1cc(-c2ncnc(Cl)c2C=O)ccc1Cl. The minimum Gasteiger partial charge on any atom is -0.495 e. The first-order valence-electron chi connectivity index (χ1n) is 4.97. The molecule has 1 aromatic carbocycles. The Morgan fingerprint density at radius 1 is 1.28 bits per heavy atom. The van der Waals surface area contributed by atoms with Crippen molar-refractivity contribution in [2.45, 2.75) is 0 Å². The van der Waals surface area contributed by atoms with Crippen LogP contribution in [-0.4, -0.2) is 23.4 Å². The number of hydrogen-bond donors (Lipinski definition) is 0. The molecule has 0 bridgehead atoms. The summed E-state index contributed by atoms with van der Waals surface area (Å²) in [6, 6.07) is 5.09. The Kier molecular flexibility index (Phi) is 3.79. The van der Waals surface area contributed by atoms with Gasteiger partial charge in [0.25, 0.3) is 0 Å². The van der Waals surface area contributed by atoms with Crippen molar-refractivity contribution in [3.63, 3.8) is 0 Å². The lowest BCUT2D eigenvalue weighted by atomic mass is 10.1. The van der Waals surface area contributed by atoms with Crippen LogP contribution in [0, 0.1) is 0 Å². The van der Waals surface area contributed by atoms with Crippen molar-refractivity contribution >= 4 is 29.5 Å². The van der Waals surface area contributed by atoms with Gasteiger partial charge in [-0.25, -0.2) is 9.97 Å². The number of halogens is 2. The van der Waals surface area contributed by atoms with E-state index in [9.17, 15) is 4.79 Å². The molecule has 0 radical (unpaired) electrons. The molecule has 92 valence electrons. The maximum absolute atomic E-state index is 11.0. The molecule has 0 N–H and O–H groups in total. The van der Waals surface area contributed by atoms with Gasteiger partial charge in [0, 0.05) is 5.56 Å². The van der Waals surface area contributed by atoms with Crippen LogP contribution in [0.1, 0.15) is 10.4 Å². The molecule has 0 saturated heterocycles. The minimum atomic E-state index is 0.115. The number of ether oxygens (including phenoxy) is 1. The highest BCUT2D eigenvalue weighted by atomic mass is 35.5. The van der Waals surface area contributed by atoms with Crippen LogP contribution in [0.25, 0.3) is 11.3 Å². The van der Waals surface area contributed by atoms with Gasteiger partial charge in [-0.15, -0.1) is 0 Å². The second-order valence-electron chi connectivity index (χ2n) is 3.39. The number of carbonyl (C=O) groups excluding carboxylic acids is 1. The van der Waals surface area contributed by atoms with Crippen molar-refractivity contribution in [1.29, 1.82) is 0 Å². The lowest BCUT2D eigenvalue weighted by Crippen LogP contribution is -1.96. The van der Waals surface area contributed by atoms with Crippen molar-refractivity contribution in [2.24, 2.45) is 0 Å². The molecule has 0 amide bonds. The molecule has 2 rings (SSSR count). The number of hydrogen-bond acceptors (Lipinski definition) is 4. The van der Waals surface area contributed by atoms with E-state index < -0.39 is 0 Å². The van der Waals surface area contributed by atoms with E-state index in [1.54, 1.807) is 18.2 Å². The highest BCUT2D eigenvalue weighted by Gasteiger charge is 2.12. The molecule has 0 fully saturated rings. The second-order valence-corrected chi connectivity index (χ2v) is 4.16. The molecule has 0 saturated carbocycles. The van der Waals surface area contributed by atoms with Crippen molar-refractivity contribution in [3.8, 4) is 17.0 Å². The maximum atomic E-state index is 11.0. The Morgan fingerprint density at radius 3 is 2.72 bits per heavy atom. The van der Waals surface area contributed by atoms with Crippen LogP contribution in [0.5, 0.6) is 5.75 Å². The molecule has 0 aliphatic carbocycles. The fourth-order valence-corrected chi connectivity index (χ4v) is 1.89. The zero-order valence-electron chi connectivity index (χ0n) is 9.35. The molecule has 0 aliphatic rings. The summed E-state index contributed by atoms with van der Waals surface area (Å²) in [5, 5.41) is 0.595. The standard InChI is InChI=1S/C12H8Cl2N2O2/c1-18-10-4-7(2-3-9(10)13)11-8(5-17)12(14)16-6-15-11/h2-6H,1H3. The Labute approximate surface area is 114 Å². The number of benzene rings is 1. The molecule has 6 heteroatoms. The third kappa shape index (κ3) is 2.30. The second kappa shape index (κ2) is 5.33. The van der Waals surface area contributed by atoms with Gasteiger partial charge in [0.05, 0.1) is 23.4 Å². The summed E-state index contributed by atoms with van der Waals surface area (Å²) in [7, 11) is 1.51. The van der Waals surface area contributed by atoms with E-state index in [1.807, 2.05) is 0 Å². The van der Waals surface area contributed by atoms with Crippen LogP contribution in [0.2, 0.25) is 10.2 Å². The van der Waals surface area contributed by atoms with Gasteiger partial charge in [0.2, 0.25) is 0 Å². The van der Waals surface area contributed by atoms with Crippen molar-refractivity contribution in [1.82, 2.24) is 9.97 Å². The normalized spacial score (nSPS) is 10.2. The molecular weight excluding hydrogens is 275 g/mol. The number of rotatable bonds is 3. The fourth-order valence-electron chi connectivity index (χ4n) is 1.52. The van der Waals surface area contributed by atoms with Crippen LogP contribution in [0.3, 0.4) is 0 Å². The smallest absolute Gasteiger partial charge is 0.155 e. The number of carbonyl (C=O) groups is 1. The van der Waals surface area contributed by atoms with Crippen LogP contribution >= 0.6 is 23.2 Å². The summed E-state index contributed by atoms with van der Waals surface area (Å²) < 4.78 is 5.11. The summed E-state index contributed by atoms with van der Waals surface area (Å²) in [6.07, 6.45) is 1.92. The van der Waals surface area contributed by atoms with Gasteiger partial charge in [-0.3, -0.25) is 4.79 Å². The average molecular weight is 283 g/mol. The lowest BCUT2D eigenvalue weighted by molar-refractivity contribution is 0.112. The van der Waals surface area contributed by atoms with Crippen LogP contribution in [0.4, 0.5) is 0 Å². The van der Waals surface area contributed by atoms with E-state index in [0.717, 1.165) is 0 Å². The molecule has 0 atom stereocenters. The number of methoxy groups -OCH3 is 1. The van der Waals surface area contributed by atoms with E-state index in [4.69, 9.17) is 27.9 Å². The van der Waals surface area contributed by atoms with E-state index in [-0.39, 0.29) is 10.7 Å². The first-order chi connectivity index (χ1) is 8.67. The number of aromatic nitrogens is 2. The fraction of sp³-hybridized carbons (Fsp3) is 0.0833. The molecule has 0 aliphatic heterocycles. The molecule has 0 spiro atoms. The largest absolute Gasteiger partial charge is 0.495 e. The molecule has 2 aromatic rings. The van der Waals surface area contributed by atoms with Crippen molar-refractivity contribution < 1.29 is 9.53 Å². The van der Waals surface area contributed by atoms with Crippen molar-refractivity contribution in [2.75, 3.05) is 7.11 Å². The summed E-state index contributed by atoms with van der Waals surface area (Å²) in [4.78, 5) is 18.8. The first-order valence-corrected chi connectivity index (χ1v) is 5.72. The van der Waals surface area contributed by atoms with Gasteiger partial charge in [0.1, 0.15) is 17.2 Å². The predicted octanol–water partition coefficient (Wildman–Crippen LogP) is 3.27. The minimum absolute atomic E-state index is 0.115. The van der Waals surface area contributed by atoms with Gasteiger partial charge in [-0.2, -0.15) is 0 Å². The third-order valence-electron chi connectivity index (χ3n) is 2.38. The molecule has 4 nitrogen and oxygen atoms in total. The van der Waals surface area contributed by atoms with E-state index in [0.29, 0.717) is 28.3 Å². The Morgan fingerprint density at radius 2 is 2.06 bits per heavy atom. The average Bonchev–Trinajstić information content (AvgIpc) is 2.39. The lowest BCUT2D eigenvalue weighted by Gasteiger charge is -2.08. The first kappa shape index (κ1) is 12.8. The molecular formula is C12H8Cl2N2O2. The van der Waals surface area contributed by atoms with Gasteiger partial charge < -0.3 is 4.74 Å². The van der Waals surface area contributed by atoms with Gasteiger partial charge in [-0.1, -0.05) is 29.3 Å². The Balaban J connectivity index is 2.62. The summed E-state index contributed by atoms with van der Waals surface area (Å²) >= 11 is 11.8. The zero-order chi connectivity index (χ0) is 13.1. The van der Waals surface area contributed by atoms with Gasteiger partial charge in [0.15, 0.2) is 6.29 Å². The summed E-state index contributed by atoms with van der Waals surface area (Å²) in [5.74, 6) is 0.501. The molecule has 0 unspecified atom stereocenters. The number of aldehydes is 1. The predicted molar refractivity (Wildman–Crippen MR) is 69.4 cm³/mol. The monoisotopic (exact) mass is 282 g/mol. The van der Waals surface area contributed by atoms with E-state index in [1.165, 1.54) is 13.4 Å².